The van der Waals surface area contributed by atoms with Crippen molar-refractivity contribution in [1.82, 2.24) is 10.1 Å². The fraction of sp³-hybridized carbons (Fsp3) is 0.385. The standard InChI is InChI=1S/C13H15N3O/c14-13(8-4-5-9-13)12-15-11(17-16-12)10-6-2-1-3-7-10/h1-3,6-7H,4-5,8-9,14H2. The molecule has 0 bridgehead atoms. The molecule has 88 valence electrons. The van der Waals surface area contributed by atoms with Crippen LogP contribution in [-0.2, 0) is 5.54 Å². The average Bonchev–Trinajstić information content (AvgIpc) is 2.99. The minimum absolute atomic E-state index is 0.378. The predicted octanol–water partition coefficient (Wildman–Crippen LogP) is 2.46. The molecule has 1 aromatic heterocycles. The van der Waals surface area contributed by atoms with Gasteiger partial charge in [-0.3, -0.25) is 0 Å². The highest BCUT2D eigenvalue weighted by atomic mass is 16.5. The van der Waals surface area contributed by atoms with Gasteiger partial charge in [0.15, 0.2) is 5.82 Å². The van der Waals surface area contributed by atoms with Crippen molar-refractivity contribution >= 4 is 0 Å². The van der Waals surface area contributed by atoms with Gasteiger partial charge in [-0.2, -0.15) is 4.98 Å². The zero-order valence-electron chi connectivity index (χ0n) is 9.60. The van der Waals surface area contributed by atoms with E-state index in [-0.39, 0.29) is 5.54 Å². The predicted molar refractivity (Wildman–Crippen MR) is 64.1 cm³/mol. The summed E-state index contributed by atoms with van der Waals surface area (Å²) in [7, 11) is 0. The Morgan fingerprint density at radius 3 is 2.53 bits per heavy atom. The van der Waals surface area contributed by atoms with Crippen molar-refractivity contribution < 1.29 is 4.52 Å². The van der Waals surface area contributed by atoms with Crippen molar-refractivity contribution in [3.63, 3.8) is 0 Å². The molecule has 1 heterocycles. The molecule has 0 radical (unpaired) electrons. The number of hydrogen-bond donors (Lipinski definition) is 1. The molecule has 0 spiro atoms. The molecule has 4 nitrogen and oxygen atoms in total. The monoisotopic (exact) mass is 229 g/mol. The third-order valence-corrected chi connectivity index (χ3v) is 3.39. The maximum atomic E-state index is 6.29. The van der Waals surface area contributed by atoms with E-state index in [0.717, 1.165) is 31.2 Å². The van der Waals surface area contributed by atoms with Crippen LogP contribution in [0.5, 0.6) is 0 Å². The largest absolute Gasteiger partial charge is 0.334 e. The summed E-state index contributed by atoms with van der Waals surface area (Å²) in [5.41, 5.74) is 6.85. The number of benzene rings is 1. The lowest BCUT2D eigenvalue weighted by molar-refractivity contribution is 0.372. The van der Waals surface area contributed by atoms with E-state index in [1.54, 1.807) is 0 Å². The third kappa shape index (κ3) is 1.85. The van der Waals surface area contributed by atoms with Gasteiger partial charge >= 0.3 is 0 Å². The van der Waals surface area contributed by atoms with Crippen molar-refractivity contribution in [2.45, 2.75) is 31.2 Å². The molecule has 2 N–H and O–H groups in total. The number of aromatic nitrogens is 2. The highest BCUT2D eigenvalue weighted by Crippen LogP contribution is 2.35. The molecular weight excluding hydrogens is 214 g/mol. The minimum Gasteiger partial charge on any atom is -0.334 e. The topological polar surface area (TPSA) is 64.9 Å². The summed E-state index contributed by atoms with van der Waals surface area (Å²) in [6.45, 7) is 0. The second-order valence-electron chi connectivity index (χ2n) is 4.65. The molecule has 0 saturated heterocycles. The molecule has 0 amide bonds. The summed E-state index contributed by atoms with van der Waals surface area (Å²) < 4.78 is 5.29. The van der Waals surface area contributed by atoms with Crippen LogP contribution in [0.15, 0.2) is 34.9 Å². The van der Waals surface area contributed by atoms with Crippen LogP contribution in [0.2, 0.25) is 0 Å². The zero-order chi connectivity index (χ0) is 11.7. The Labute approximate surface area is 99.8 Å². The van der Waals surface area contributed by atoms with Gasteiger partial charge < -0.3 is 10.3 Å². The molecule has 4 heteroatoms. The molecule has 0 atom stereocenters. The Bertz CT molecular complexity index is 500. The summed E-state index contributed by atoms with van der Waals surface area (Å²) in [5.74, 6) is 1.20. The van der Waals surface area contributed by atoms with E-state index >= 15 is 0 Å². The lowest BCUT2D eigenvalue weighted by Gasteiger charge is -2.17. The first kappa shape index (κ1) is 10.5. The van der Waals surface area contributed by atoms with E-state index in [4.69, 9.17) is 10.3 Å². The summed E-state index contributed by atoms with van der Waals surface area (Å²) in [5, 5.41) is 4.04. The smallest absolute Gasteiger partial charge is 0.257 e. The Balaban J connectivity index is 1.93. The lowest BCUT2D eigenvalue weighted by atomic mass is 9.99. The van der Waals surface area contributed by atoms with E-state index in [9.17, 15) is 0 Å². The Morgan fingerprint density at radius 1 is 1.12 bits per heavy atom. The maximum Gasteiger partial charge on any atom is 0.257 e. The first-order valence-corrected chi connectivity index (χ1v) is 5.96. The van der Waals surface area contributed by atoms with Crippen molar-refractivity contribution in [1.29, 1.82) is 0 Å². The van der Waals surface area contributed by atoms with Crippen LogP contribution in [0, 0.1) is 0 Å². The number of nitrogens with two attached hydrogens (primary N) is 1. The second kappa shape index (κ2) is 3.96. The van der Waals surface area contributed by atoms with E-state index < -0.39 is 0 Å². The van der Waals surface area contributed by atoms with Crippen LogP contribution >= 0.6 is 0 Å². The van der Waals surface area contributed by atoms with Crippen molar-refractivity contribution in [3.8, 4) is 11.5 Å². The molecule has 1 saturated carbocycles. The second-order valence-corrected chi connectivity index (χ2v) is 4.65. The molecule has 17 heavy (non-hydrogen) atoms. The van der Waals surface area contributed by atoms with E-state index in [0.29, 0.717) is 11.7 Å². The molecule has 2 aromatic rings. The lowest BCUT2D eigenvalue weighted by Crippen LogP contribution is -2.34. The van der Waals surface area contributed by atoms with Gasteiger partial charge in [-0.15, -0.1) is 0 Å². The molecule has 1 aliphatic carbocycles. The average molecular weight is 229 g/mol. The quantitative estimate of drug-likeness (QED) is 0.859. The fourth-order valence-electron chi connectivity index (χ4n) is 2.35. The van der Waals surface area contributed by atoms with Gasteiger partial charge in [0.05, 0.1) is 5.54 Å². The van der Waals surface area contributed by atoms with Crippen molar-refractivity contribution in [3.05, 3.63) is 36.2 Å². The third-order valence-electron chi connectivity index (χ3n) is 3.39. The van der Waals surface area contributed by atoms with Crippen LogP contribution in [-0.4, -0.2) is 10.1 Å². The minimum atomic E-state index is -0.378. The van der Waals surface area contributed by atoms with Crippen molar-refractivity contribution in [2.24, 2.45) is 5.73 Å². The molecule has 3 rings (SSSR count). The van der Waals surface area contributed by atoms with Gasteiger partial charge in [-0.25, -0.2) is 0 Å². The number of hydrogen-bond acceptors (Lipinski definition) is 4. The first-order chi connectivity index (χ1) is 8.28. The van der Waals surface area contributed by atoms with E-state index in [2.05, 4.69) is 10.1 Å². The van der Waals surface area contributed by atoms with Gasteiger partial charge in [0.25, 0.3) is 5.89 Å². The normalized spacial score (nSPS) is 18.4. The highest BCUT2D eigenvalue weighted by Gasteiger charge is 2.35. The molecule has 1 aliphatic rings. The highest BCUT2D eigenvalue weighted by molar-refractivity contribution is 5.52. The Hall–Kier alpha value is -1.68. The SMILES string of the molecule is NC1(c2noc(-c3ccccc3)n2)CCCC1. The van der Waals surface area contributed by atoms with E-state index in [1.165, 1.54) is 0 Å². The summed E-state index contributed by atoms with van der Waals surface area (Å²) >= 11 is 0. The molecule has 1 fully saturated rings. The Morgan fingerprint density at radius 2 is 1.82 bits per heavy atom. The van der Waals surface area contributed by atoms with Crippen LogP contribution in [0.25, 0.3) is 11.5 Å². The van der Waals surface area contributed by atoms with E-state index in [1.807, 2.05) is 30.3 Å². The van der Waals surface area contributed by atoms with Crippen molar-refractivity contribution in [2.75, 3.05) is 0 Å². The number of nitrogens with zero attached hydrogens (tertiary/aromatic N) is 2. The summed E-state index contributed by atoms with van der Waals surface area (Å²) in [6.07, 6.45) is 4.18. The van der Waals surface area contributed by atoms with Gasteiger partial charge in [0.1, 0.15) is 0 Å². The zero-order valence-corrected chi connectivity index (χ0v) is 9.60. The van der Waals surface area contributed by atoms with Crippen LogP contribution < -0.4 is 5.73 Å². The maximum absolute atomic E-state index is 6.29. The van der Waals surface area contributed by atoms with Crippen LogP contribution in [0.4, 0.5) is 0 Å². The molecule has 0 aliphatic heterocycles. The van der Waals surface area contributed by atoms with Gasteiger partial charge in [0, 0.05) is 5.56 Å². The van der Waals surface area contributed by atoms with Crippen LogP contribution in [0.1, 0.15) is 31.5 Å². The van der Waals surface area contributed by atoms with Gasteiger partial charge in [0.2, 0.25) is 0 Å². The summed E-state index contributed by atoms with van der Waals surface area (Å²) in [4.78, 5) is 4.43. The Kier molecular flexibility index (Phi) is 2.44. The fourth-order valence-corrected chi connectivity index (χ4v) is 2.35. The molecule has 0 unspecified atom stereocenters. The van der Waals surface area contributed by atoms with Gasteiger partial charge in [-0.1, -0.05) is 36.2 Å². The molecular formula is C13H15N3O. The molecule has 1 aromatic carbocycles. The number of rotatable bonds is 2. The summed E-state index contributed by atoms with van der Waals surface area (Å²) in [6, 6.07) is 9.77. The van der Waals surface area contributed by atoms with Gasteiger partial charge in [-0.05, 0) is 25.0 Å². The van der Waals surface area contributed by atoms with Crippen LogP contribution in [0.3, 0.4) is 0 Å². The first-order valence-electron chi connectivity index (χ1n) is 5.96.